The van der Waals surface area contributed by atoms with E-state index in [1.807, 2.05) is 6.07 Å². The predicted octanol–water partition coefficient (Wildman–Crippen LogP) is 2.95. The lowest BCUT2D eigenvalue weighted by Crippen LogP contribution is -2.32. The van der Waals surface area contributed by atoms with Gasteiger partial charge in [0, 0.05) is 17.7 Å². The number of nitrogens with one attached hydrogen (secondary N) is 1. The molecule has 1 aliphatic carbocycles. The highest BCUT2D eigenvalue weighted by atomic mass is 35.5. The zero-order valence-electron chi connectivity index (χ0n) is 12.3. The van der Waals surface area contributed by atoms with Crippen LogP contribution in [0.4, 0.5) is 0 Å². The lowest BCUT2D eigenvalue weighted by Gasteiger charge is -2.28. The number of hydrogen-bond acceptors (Lipinski definition) is 3. The Morgan fingerprint density at radius 3 is 2.95 bits per heavy atom. The molecule has 1 aromatic carbocycles. The Balaban J connectivity index is 1.91. The first-order valence-electron chi connectivity index (χ1n) is 7.25. The fraction of sp³-hybridized carbons (Fsp3) is 0.625. The molecule has 0 fully saturated rings. The van der Waals surface area contributed by atoms with Crippen molar-refractivity contribution < 1.29 is 9.84 Å². The molecule has 0 saturated heterocycles. The molecule has 1 atom stereocenters. The SMILES string of the molecule is CC1(C)Cc2ccc(Cl)cc2C1NCCCOCCO. The molecule has 0 bridgehead atoms. The van der Waals surface area contributed by atoms with Crippen LogP contribution < -0.4 is 5.32 Å². The Labute approximate surface area is 126 Å². The molecule has 0 heterocycles. The summed E-state index contributed by atoms with van der Waals surface area (Å²) >= 11 is 6.13. The summed E-state index contributed by atoms with van der Waals surface area (Å²) in [7, 11) is 0. The van der Waals surface area contributed by atoms with Crippen molar-refractivity contribution in [3.63, 3.8) is 0 Å². The Kier molecular flexibility index (Phi) is 5.44. The fourth-order valence-electron chi connectivity index (χ4n) is 2.98. The van der Waals surface area contributed by atoms with Gasteiger partial charge in [-0.25, -0.2) is 0 Å². The van der Waals surface area contributed by atoms with Crippen LogP contribution in [0.25, 0.3) is 0 Å². The highest BCUT2D eigenvalue weighted by Crippen LogP contribution is 2.45. The van der Waals surface area contributed by atoms with Gasteiger partial charge in [-0.15, -0.1) is 0 Å². The minimum Gasteiger partial charge on any atom is -0.394 e. The topological polar surface area (TPSA) is 41.5 Å². The average Bonchev–Trinajstić information content (AvgIpc) is 2.64. The molecular formula is C16H24ClNO2. The van der Waals surface area contributed by atoms with Crippen LogP contribution in [0.3, 0.4) is 0 Å². The predicted molar refractivity (Wildman–Crippen MR) is 82.2 cm³/mol. The summed E-state index contributed by atoms with van der Waals surface area (Å²) in [5.41, 5.74) is 2.94. The van der Waals surface area contributed by atoms with E-state index >= 15 is 0 Å². The molecule has 4 heteroatoms. The van der Waals surface area contributed by atoms with Crippen molar-refractivity contribution >= 4 is 11.6 Å². The van der Waals surface area contributed by atoms with Gasteiger partial charge in [-0.1, -0.05) is 31.5 Å². The molecule has 0 radical (unpaired) electrons. The van der Waals surface area contributed by atoms with E-state index in [-0.39, 0.29) is 12.0 Å². The molecule has 112 valence electrons. The van der Waals surface area contributed by atoms with E-state index in [0.717, 1.165) is 24.4 Å². The van der Waals surface area contributed by atoms with Crippen LogP contribution in [-0.4, -0.2) is 31.5 Å². The second-order valence-electron chi connectivity index (χ2n) is 6.09. The number of fused-ring (bicyclic) bond motifs is 1. The number of aliphatic hydroxyl groups is 1. The van der Waals surface area contributed by atoms with Crippen molar-refractivity contribution in [3.05, 3.63) is 34.3 Å². The van der Waals surface area contributed by atoms with Crippen molar-refractivity contribution in [2.45, 2.75) is 32.7 Å². The molecule has 1 aromatic rings. The summed E-state index contributed by atoms with van der Waals surface area (Å²) in [5.74, 6) is 0. The van der Waals surface area contributed by atoms with Crippen molar-refractivity contribution in [1.82, 2.24) is 5.32 Å². The summed E-state index contributed by atoms with van der Waals surface area (Å²) in [5, 5.41) is 13.1. The molecule has 0 aliphatic heterocycles. The van der Waals surface area contributed by atoms with Crippen LogP contribution >= 0.6 is 11.6 Å². The highest BCUT2D eigenvalue weighted by molar-refractivity contribution is 6.30. The minimum atomic E-state index is 0.0922. The highest BCUT2D eigenvalue weighted by Gasteiger charge is 2.38. The van der Waals surface area contributed by atoms with Crippen molar-refractivity contribution in [2.75, 3.05) is 26.4 Å². The number of benzene rings is 1. The van der Waals surface area contributed by atoms with Gasteiger partial charge in [0.15, 0.2) is 0 Å². The maximum atomic E-state index is 8.65. The molecule has 1 aliphatic rings. The van der Waals surface area contributed by atoms with Gasteiger partial charge in [0.2, 0.25) is 0 Å². The van der Waals surface area contributed by atoms with Crippen molar-refractivity contribution in [2.24, 2.45) is 5.41 Å². The van der Waals surface area contributed by atoms with E-state index in [2.05, 4.69) is 31.3 Å². The molecule has 3 nitrogen and oxygen atoms in total. The van der Waals surface area contributed by atoms with Gasteiger partial charge in [-0.2, -0.15) is 0 Å². The second-order valence-corrected chi connectivity index (χ2v) is 6.52. The van der Waals surface area contributed by atoms with Gasteiger partial charge < -0.3 is 15.2 Å². The summed E-state index contributed by atoms with van der Waals surface area (Å²) in [6.07, 6.45) is 2.03. The van der Waals surface area contributed by atoms with Gasteiger partial charge in [-0.05, 0) is 48.1 Å². The van der Waals surface area contributed by atoms with E-state index in [4.69, 9.17) is 21.4 Å². The third-order valence-corrected chi connectivity index (χ3v) is 4.13. The first-order chi connectivity index (χ1) is 9.54. The van der Waals surface area contributed by atoms with Crippen LogP contribution in [0.2, 0.25) is 5.02 Å². The Bertz CT molecular complexity index is 448. The van der Waals surface area contributed by atoms with Gasteiger partial charge >= 0.3 is 0 Å². The minimum absolute atomic E-state index is 0.0922. The number of hydrogen-bond donors (Lipinski definition) is 2. The van der Waals surface area contributed by atoms with E-state index in [1.165, 1.54) is 11.1 Å². The number of halogens is 1. The van der Waals surface area contributed by atoms with Crippen LogP contribution in [0, 0.1) is 5.41 Å². The number of ether oxygens (including phenoxy) is 1. The molecular weight excluding hydrogens is 274 g/mol. The van der Waals surface area contributed by atoms with Crippen molar-refractivity contribution in [1.29, 1.82) is 0 Å². The van der Waals surface area contributed by atoms with E-state index in [9.17, 15) is 0 Å². The average molecular weight is 298 g/mol. The molecule has 0 saturated carbocycles. The van der Waals surface area contributed by atoms with Crippen molar-refractivity contribution in [3.8, 4) is 0 Å². The van der Waals surface area contributed by atoms with E-state index < -0.39 is 0 Å². The van der Waals surface area contributed by atoms with Crippen LogP contribution in [0.1, 0.15) is 37.4 Å². The maximum absolute atomic E-state index is 8.65. The fourth-order valence-corrected chi connectivity index (χ4v) is 3.16. The van der Waals surface area contributed by atoms with Crippen LogP contribution in [0.5, 0.6) is 0 Å². The van der Waals surface area contributed by atoms with Crippen LogP contribution in [0.15, 0.2) is 18.2 Å². The van der Waals surface area contributed by atoms with E-state index in [1.54, 1.807) is 0 Å². The van der Waals surface area contributed by atoms with Gasteiger partial charge in [0.05, 0.1) is 13.2 Å². The lowest BCUT2D eigenvalue weighted by atomic mass is 9.85. The molecule has 20 heavy (non-hydrogen) atoms. The third kappa shape index (κ3) is 3.73. The van der Waals surface area contributed by atoms with Gasteiger partial charge in [-0.3, -0.25) is 0 Å². The first kappa shape index (κ1) is 15.8. The standard InChI is InChI=1S/C16H24ClNO2/c1-16(2)11-12-4-5-13(17)10-14(12)15(16)18-6-3-8-20-9-7-19/h4-5,10,15,18-19H,3,6-9,11H2,1-2H3. The maximum Gasteiger partial charge on any atom is 0.0697 e. The largest absolute Gasteiger partial charge is 0.394 e. The Morgan fingerprint density at radius 1 is 1.40 bits per heavy atom. The molecule has 2 rings (SSSR count). The second kappa shape index (κ2) is 6.90. The molecule has 1 unspecified atom stereocenters. The molecule has 2 N–H and O–H groups in total. The summed E-state index contributed by atoms with van der Waals surface area (Å²) in [4.78, 5) is 0. The molecule has 0 aromatic heterocycles. The third-order valence-electron chi connectivity index (χ3n) is 3.90. The molecule has 0 amide bonds. The van der Waals surface area contributed by atoms with Crippen LogP contribution in [-0.2, 0) is 11.2 Å². The number of rotatable bonds is 7. The van der Waals surface area contributed by atoms with Gasteiger partial charge in [0.25, 0.3) is 0 Å². The van der Waals surface area contributed by atoms with Gasteiger partial charge in [0.1, 0.15) is 0 Å². The normalized spacial score (nSPS) is 20.1. The number of aliphatic hydroxyl groups excluding tert-OH is 1. The Hall–Kier alpha value is -0.610. The first-order valence-corrected chi connectivity index (χ1v) is 7.63. The monoisotopic (exact) mass is 297 g/mol. The quantitative estimate of drug-likeness (QED) is 0.760. The zero-order chi connectivity index (χ0) is 14.6. The Morgan fingerprint density at radius 2 is 2.20 bits per heavy atom. The zero-order valence-corrected chi connectivity index (χ0v) is 13.0. The molecule has 0 spiro atoms. The summed E-state index contributed by atoms with van der Waals surface area (Å²) in [6.45, 7) is 6.69. The van der Waals surface area contributed by atoms with E-state index in [0.29, 0.717) is 19.3 Å². The lowest BCUT2D eigenvalue weighted by molar-refractivity contribution is 0.0896. The summed E-state index contributed by atoms with van der Waals surface area (Å²) in [6, 6.07) is 6.55. The summed E-state index contributed by atoms with van der Waals surface area (Å²) < 4.78 is 5.28. The smallest absolute Gasteiger partial charge is 0.0697 e.